The Morgan fingerprint density at radius 3 is 2.82 bits per heavy atom. The Balaban J connectivity index is 1.49. The van der Waals surface area contributed by atoms with Crippen molar-refractivity contribution in [1.82, 2.24) is 5.32 Å². The topological polar surface area (TPSA) is 41.6 Å². The molecule has 0 spiro atoms. The number of carbonyl (C=O) groups is 1. The third-order valence-electron chi connectivity index (χ3n) is 3.60. The predicted molar refractivity (Wildman–Crippen MR) is 90.5 cm³/mol. The first-order chi connectivity index (χ1) is 10.8. The molecule has 0 saturated carbocycles. The number of anilines is 1. The SMILES string of the molecule is O=C(NCCOc1ccccc1Br)N1CCc2ccccc21. The second-order valence-corrected chi connectivity index (χ2v) is 5.90. The molecule has 2 amide bonds. The molecule has 1 aliphatic rings. The third kappa shape index (κ3) is 3.25. The highest BCUT2D eigenvalue weighted by molar-refractivity contribution is 9.10. The van der Waals surface area contributed by atoms with E-state index in [1.165, 1.54) is 5.56 Å². The quantitative estimate of drug-likeness (QED) is 0.846. The maximum Gasteiger partial charge on any atom is 0.322 e. The number of benzene rings is 2. The van der Waals surface area contributed by atoms with Crippen LogP contribution >= 0.6 is 15.9 Å². The number of para-hydroxylation sites is 2. The number of urea groups is 1. The maximum atomic E-state index is 12.2. The molecule has 1 heterocycles. The van der Waals surface area contributed by atoms with Gasteiger partial charge in [-0.15, -0.1) is 0 Å². The molecular weight excluding hydrogens is 344 g/mol. The molecule has 0 atom stereocenters. The lowest BCUT2D eigenvalue weighted by Crippen LogP contribution is -2.40. The zero-order valence-electron chi connectivity index (χ0n) is 12.1. The molecule has 1 N–H and O–H groups in total. The lowest BCUT2D eigenvalue weighted by molar-refractivity contribution is 0.242. The molecule has 5 heteroatoms. The predicted octanol–water partition coefficient (Wildman–Crippen LogP) is 3.60. The van der Waals surface area contributed by atoms with Gasteiger partial charge in [0.15, 0.2) is 0 Å². The highest BCUT2D eigenvalue weighted by atomic mass is 79.9. The van der Waals surface area contributed by atoms with E-state index in [4.69, 9.17) is 4.74 Å². The summed E-state index contributed by atoms with van der Waals surface area (Å²) in [7, 11) is 0. The smallest absolute Gasteiger partial charge is 0.322 e. The van der Waals surface area contributed by atoms with E-state index in [1.54, 1.807) is 4.90 Å². The van der Waals surface area contributed by atoms with E-state index in [9.17, 15) is 4.79 Å². The fraction of sp³-hybridized carbons (Fsp3) is 0.235. The number of hydrogen-bond donors (Lipinski definition) is 1. The van der Waals surface area contributed by atoms with E-state index in [1.807, 2.05) is 42.5 Å². The maximum absolute atomic E-state index is 12.2. The van der Waals surface area contributed by atoms with Crippen molar-refractivity contribution in [3.8, 4) is 5.75 Å². The van der Waals surface area contributed by atoms with Crippen LogP contribution in [0.4, 0.5) is 10.5 Å². The van der Waals surface area contributed by atoms with Gasteiger partial charge >= 0.3 is 6.03 Å². The largest absolute Gasteiger partial charge is 0.491 e. The Hall–Kier alpha value is -2.01. The lowest BCUT2D eigenvalue weighted by Gasteiger charge is -2.18. The molecule has 0 radical (unpaired) electrons. The van der Waals surface area contributed by atoms with Crippen LogP contribution in [0.5, 0.6) is 5.75 Å². The van der Waals surface area contributed by atoms with Crippen molar-refractivity contribution in [3.05, 3.63) is 58.6 Å². The second-order valence-electron chi connectivity index (χ2n) is 5.04. The molecule has 3 rings (SSSR count). The molecule has 0 aromatic heterocycles. The van der Waals surface area contributed by atoms with Gasteiger partial charge in [0, 0.05) is 12.2 Å². The van der Waals surface area contributed by atoms with Crippen molar-refractivity contribution in [2.75, 3.05) is 24.6 Å². The number of fused-ring (bicyclic) bond motifs is 1. The number of carbonyl (C=O) groups excluding carboxylic acids is 1. The highest BCUT2D eigenvalue weighted by Gasteiger charge is 2.23. The minimum Gasteiger partial charge on any atom is -0.491 e. The van der Waals surface area contributed by atoms with Gasteiger partial charge in [0.1, 0.15) is 12.4 Å². The number of nitrogens with one attached hydrogen (secondary N) is 1. The van der Waals surface area contributed by atoms with E-state index in [0.717, 1.165) is 28.9 Å². The van der Waals surface area contributed by atoms with Gasteiger partial charge < -0.3 is 10.1 Å². The summed E-state index contributed by atoms with van der Waals surface area (Å²) in [6.07, 6.45) is 0.914. The first kappa shape index (κ1) is 14.9. The van der Waals surface area contributed by atoms with Gasteiger partial charge in [-0.05, 0) is 46.1 Å². The van der Waals surface area contributed by atoms with Gasteiger partial charge in [-0.2, -0.15) is 0 Å². The van der Waals surface area contributed by atoms with Crippen molar-refractivity contribution in [2.24, 2.45) is 0 Å². The summed E-state index contributed by atoms with van der Waals surface area (Å²) in [5.41, 5.74) is 2.23. The summed E-state index contributed by atoms with van der Waals surface area (Å²) in [6, 6.07) is 15.6. The van der Waals surface area contributed by atoms with E-state index < -0.39 is 0 Å². The van der Waals surface area contributed by atoms with E-state index in [0.29, 0.717) is 13.2 Å². The summed E-state index contributed by atoms with van der Waals surface area (Å²) in [5.74, 6) is 0.781. The number of ether oxygens (including phenoxy) is 1. The molecule has 2 aromatic rings. The van der Waals surface area contributed by atoms with E-state index in [2.05, 4.69) is 27.3 Å². The Kier molecular flexibility index (Phi) is 4.63. The number of hydrogen-bond acceptors (Lipinski definition) is 2. The summed E-state index contributed by atoms with van der Waals surface area (Å²) < 4.78 is 6.55. The van der Waals surface area contributed by atoms with E-state index >= 15 is 0 Å². The van der Waals surface area contributed by atoms with Crippen LogP contribution in [0.25, 0.3) is 0 Å². The molecular formula is C17H17BrN2O2. The van der Waals surface area contributed by atoms with Crippen molar-refractivity contribution >= 4 is 27.6 Å². The van der Waals surface area contributed by atoms with Crippen LogP contribution in [-0.2, 0) is 6.42 Å². The molecule has 2 aromatic carbocycles. The van der Waals surface area contributed by atoms with Crippen LogP contribution in [0.15, 0.2) is 53.0 Å². The van der Waals surface area contributed by atoms with Gasteiger partial charge in [-0.3, -0.25) is 4.90 Å². The zero-order valence-corrected chi connectivity index (χ0v) is 13.7. The Morgan fingerprint density at radius 2 is 1.95 bits per heavy atom. The fourth-order valence-electron chi connectivity index (χ4n) is 2.53. The van der Waals surface area contributed by atoms with Crippen molar-refractivity contribution in [2.45, 2.75) is 6.42 Å². The van der Waals surface area contributed by atoms with Gasteiger partial charge in [0.25, 0.3) is 0 Å². The van der Waals surface area contributed by atoms with Crippen LogP contribution in [-0.4, -0.2) is 25.7 Å². The summed E-state index contributed by atoms with van der Waals surface area (Å²) >= 11 is 3.43. The van der Waals surface area contributed by atoms with Crippen LogP contribution in [0.1, 0.15) is 5.56 Å². The molecule has 114 valence electrons. The van der Waals surface area contributed by atoms with E-state index in [-0.39, 0.29) is 6.03 Å². The molecule has 0 bridgehead atoms. The Morgan fingerprint density at radius 1 is 1.18 bits per heavy atom. The number of nitrogens with zero attached hydrogens (tertiary/aromatic N) is 1. The average molecular weight is 361 g/mol. The molecule has 0 saturated heterocycles. The third-order valence-corrected chi connectivity index (χ3v) is 4.26. The minimum atomic E-state index is -0.0688. The normalized spacial score (nSPS) is 12.9. The molecule has 1 aliphatic heterocycles. The summed E-state index contributed by atoms with van der Waals surface area (Å²) in [5, 5.41) is 2.90. The summed E-state index contributed by atoms with van der Waals surface area (Å²) in [6.45, 7) is 1.64. The summed E-state index contributed by atoms with van der Waals surface area (Å²) in [4.78, 5) is 14.0. The number of halogens is 1. The molecule has 22 heavy (non-hydrogen) atoms. The average Bonchev–Trinajstić information content (AvgIpc) is 2.97. The molecule has 0 aliphatic carbocycles. The van der Waals surface area contributed by atoms with Gasteiger partial charge in [0.05, 0.1) is 11.0 Å². The first-order valence-corrected chi connectivity index (χ1v) is 8.05. The van der Waals surface area contributed by atoms with Crippen LogP contribution in [0.3, 0.4) is 0 Å². The Bertz CT molecular complexity index is 675. The Labute approximate surface area is 138 Å². The van der Waals surface area contributed by atoms with Crippen LogP contribution in [0, 0.1) is 0 Å². The minimum absolute atomic E-state index is 0.0688. The van der Waals surface area contributed by atoms with Crippen molar-refractivity contribution < 1.29 is 9.53 Å². The fourth-order valence-corrected chi connectivity index (χ4v) is 2.92. The van der Waals surface area contributed by atoms with Gasteiger partial charge in [0.2, 0.25) is 0 Å². The molecule has 0 fully saturated rings. The molecule has 0 unspecified atom stereocenters. The van der Waals surface area contributed by atoms with Crippen LogP contribution < -0.4 is 15.0 Å². The highest BCUT2D eigenvalue weighted by Crippen LogP contribution is 2.27. The zero-order chi connectivity index (χ0) is 15.4. The number of rotatable bonds is 4. The van der Waals surface area contributed by atoms with Crippen molar-refractivity contribution in [1.29, 1.82) is 0 Å². The monoisotopic (exact) mass is 360 g/mol. The van der Waals surface area contributed by atoms with Crippen LogP contribution in [0.2, 0.25) is 0 Å². The first-order valence-electron chi connectivity index (χ1n) is 7.26. The standard InChI is InChI=1S/C17H17BrN2O2/c18-14-6-2-4-8-16(14)22-12-10-19-17(21)20-11-9-13-5-1-3-7-15(13)20/h1-8H,9-12H2,(H,19,21). The van der Waals surface area contributed by atoms with Gasteiger partial charge in [-0.25, -0.2) is 4.79 Å². The van der Waals surface area contributed by atoms with Gasteiger partial charge in [-0.1, -0.05) is 30.3 Å². The second kappa shape index (κ2) is 6.83. The molecule has 4 nitrogen and oxygen atoms in total. The number of amides is 2. The lowest BCUT2D eigenvalue weighted by atomic mass is 10.2. The van der Waals surface area contributed by atoms with Crippen molar-refractivity contribution in [3.63, 3.8) is 0 Å².